The predicted octanol–water partition coefficient (Wildman–Crippen LogP) is 5.31. The van der Waals surface area contributed by atoms with Crippen LogP contribution >= 0.6 is 11.3 Å². The molecule has 38 heavy (non-hydrogen) atoms. The van der Waals surface area contributed by atoms with E-state index in [2.05, 4.69) is 13.8 Å². The van der Waals surface area contributed by atoms with Crippen LogP contribution in [0.1, 0.15) is 47.1 Å². The van der Waals surface area contributed by atoms with Crippen LogP contribution in [-0.4, -0.2) is 54.6 Å². The van der Waals surface area contributed by atoms with E-state index in [4.69, 9.17) is 14.2 Å². The van der Waals surface area contributed by atoms with Gasteiger partial charge in [0.15, 0.2) is 11.5 Å². The fourth-order valence-electron chi connectivity index (χ4n) is 4.77. The third-order valence-electron chi connectivity index (χ3n) is 7.10. The number of benzene rings is 2. The van der Waals surface area contributed by atoms with Gasteiger partial charge in [-0.1, -0.05) is 20.3 Å². The van der Waals surface area contributed by atoms with E-state index in [1.165, 1.54) is 17.0 Å². The van der Waals surface area contributed by atoms with E-state index < -0.39 is 0 Å². The fourth-order valence-corrected chi connectivity index (χ4v) is 5.70. The van der Waals surface area contributed by atoms with E-state index in [1.54, 1.807) is 46.6 Å². The average Bonchev–Trinajstić information content (AvgIpc) is 3.60. The molecular formula is C29H31FN2O5S. The summed E-state index contributed by atoms with van der Waals surface area (Å²) in [6, 6.07) is 12.7. The summed E-state index contributed by atoms with van der Waals surface area (Å²) in [5.74, 6) is 1.22. The Labute approximate surface area is 225 Å². The number of hydrogen-bond acceptors (Lipinski definition) is 6. The zero-order valence-corrected chi connectivity index (χ0v) is 22.3. The largest absolute Gasteiger partial charge is 0.491 e. The highest BCUT2D eigenvalue weighted by Crippen LogP contribution is 2.35. The summed E-state index contributed by atoms with van der Waals surface area (Å²) in [4.78, 5) is 32.1. The minimum atomic E-state index is -0.333. The molecule has 0 radical (unpaired) electrons. The van der Waals surface area contributed by atoms with E-state index >= 15 is 0 Å². The molecular weight excluding hydrogens is 507 g/mol. The molecule has 0 unspecified atom stereocenters. The van der Waals surface area contributed by atoms with Crippen LogP contribution < -0.4 is 14.2 Å². The highest BCUT2D eigenvalue weighted by atomic mass is 32.1. The summed E-state index contributed by atoms with van der Waals surface area (Å²) in [7, 11) is 0. The third-order valence-corrected chi connectivity index (χ3v) is 8.10. The van der Waals surface area contributed by atoms with Crippen molar-refractivity contribution in [1.82, 2.24) is 9.80 Å². The van der Waals surface area contributed by atoms with Gasteiger partial charge < -0.3 is 24.0 Å². The van der Waals surface area contributed by atoms with Gasteiger partial charge in [-0.2, -0.15) is 0 Å². The topological polar surface area (TPSA) is 68.3 Å². The maximum absolute atomic E-state index is 13.8. The molecule has 7 nitrogen and oxygen atoms in total. The summed E-state index contributed by atoms with van der Waals surface area (Å²) in [6.07, 6.45) is 1.64. The van der Waals surface area contributed by atoms with Crippen LogP contribution in [-0.2, 0) is 11.2 Å². The molecule has 0 saturated heterocycles. The highest BCUT2D eigenvalue weighted by Gasteiger charge is 2.34. The molecule has 0 fully saturated rings. The summed E-state index contributed by atoms with van der Waals surface area (Å²) < 4.78 is 30.2. The SMILES string of the molecule is CC[C@@H](C)CN(CC(=O)N1CCc2sccc2[C@@H]1COc1ccc(F)cc1)C(=O)c1ccc2c(c1)OCO2. The van der Waals surface area contributed by atoms with E-state index in [-0.39, 0.29) is 49.5 Å². The fraction of sp³-hybridized carbons (Fsp3) is 0.379. The van der Waals surface area contributed by atoms with Crippen LogP contribution in [0.2, 0.25) is 0 Å². The molecule has 2 aliphatic heterocycles. The molecule has 2 aromatic carbocycles. The minimum absolute atomic E-state index is 0.0376. The monoisotopic (exact) mass is 538 g/mol. The van der Waals surface area contributed by atoms with Crippen molar-refractivity contribution < 1.29 is 28.2 Å². The van der Waals surface area contributed by atoms with Crippen LogP contribution in [0.5, 0.6) is 17.2 Å². The quantitative estimate of drug-likeness (QED) is 0.370. The van der Waals surface area contributed by atoms with Gasteiger partial charge in [-0.15, -0.1) is 11.3 Å². The van der Waals surface area contributed by atoms with Crippen molar-refractivity contribution in [2.75, 3.05) is 33.0 Å². The van der Waals surface area contributed by atoms with Crippen LogP contribution in [0, 0.1) is 11.7 Å². The van der Waals surface area contributed by atoms with Gasteiger partial charge in [0.1, 0.15) is 24.7 Å². The first-order valence-electron chi connectivity index (χ1n) is 12.9. The average molecular weight is 539 g/mol. The number of fused-ring (bicyclic) bond motifs is 2. The Morgan fingerprint density at radius 2 is 1.95 bits per heavy atom. The lowest BCUT2D eigenvalue weighted by molar-refractivity contribution is -0.135. The first-order valence-corrected chi connectivity index (χ1v) is 13.7. The van der Waals surface area contributed by atoms with E-state index in [0.717, 1.165) is 18.4 Å². The number of amides is 2. The number of carbonyl (C=O) groups excluding carboxylic acids is 2. The first-order chi connectivity index (χ1) is 18.4. The number of halogens is 1. The molecule has 0 saturated carbocycles. The molecule has 0 N–H and O–H groups in total. The lowest BCUT2D eigenvalue weighted by Gasteiger charge is -2.37. The van der Waals surface area contributed by atoms with Crippen molar-refractivity contribution in [1.29, 1.82) is 0 Å². The molecule has 3 heterocycles. The first kappa shape index (κ1) is 26.0. The summed E-state index contributed by atoms with van der Waals surface area (Å²) in [5.41, 5.74) is 1.52. The maximum Gasteiger partial charge on any atom is 0.254 e. The van der Waals surface area contributed by atoms with Crippen molar-refractivity contribution in [3.63, 3.8) is 0 Å². The second kappa shape index (κ2) is 11.4. The molecule has 2 aliphatic rings. The zero-order valence-electron chi connectivity index (χ0n) is 21.5. The van der Waals surface area contributed by atoms with Crippen molar-refractivity contribution in [3.05, 3.63) is 75.7 Å². The van der Waals surface area contributed by atoms with Gasteiger partial charge in [0, 0.05) is 23.5 Å². The smallest absolute Gasteiger partial charge is 0.254 e. The molecule has 9 heteroatoms. The molecule has 2 amide bonds. The Hall–Kier alpha value is -3.59. The van der Waals surface area contributed by atoms with Crippen molar-refractivity contribution in [3.8, 4) is 17.2 Å². The van der Waals surface area contributed by atoms with Crippen molar-refractivity contribution >= 4 is 23.2 Å². The van der Waals surface area contributed by atoms with Gasteiger partial charge in [-0.3, -0.25) is 9.59 Å². The Morgan fingerprint density at radius 1 is 1.16 bits per heavy atom. The van der Waals surface area contributed by atoms with Gasteiger partial charge in [-0.25, -0.2) is 4.39 Å². The molecule has 2 atom stereocenters. The van der Waals surface area contributed by atoms with Crippen molar-refractivity contribution in [2.24, 2.45) is 5.92 Å². The van der Waals surface area contributed by atoms with Gasteiger partial charge in [0.2, 0.25) is 12.7 Å². The number of thiophene rings is 1. The molecule has 5 rings (SSSR count). The highest BCUT2D eigenvalue weighted by molar-refractivity contribution is 7.10. The molecule has 3 aromatic rings. The number of nitrogens with zero attached hydrogens (tertiary/aromatic N) is 2. The Balaban J connectivity index is 1.35. The van der Waals surface area contributed by atoms with Crippen molar-refractivity contribution in [2.45, 2.75) is 32.7 Å². The summed E-state index contributed by atoms with van der Waals surface area (Å²) >= 11 is 1.67. The van der Waals surface area contributed by atoms with Gasteiger partial charge >= 0.3 is 0 Å². The molecule has 1 aromatic heterocycles. The number of ether oxygens (including phenoxy) is 3. The second-order valence-corrected chi connectivity index (χ2v) is 10.7. The van der Waals surface area contributed by atoms with E-state index in [9.17, 15) is 14.0 Å². The zero-order chi connectivity index (χ0) is 26.6. The molecule has 200 valence electrons. The Kier molecular flexibility index (Phi) is 7.83. The summed E-state index contributed by atoms with van der Waals surface area (Å²) in [5, 5.41) is 2.03. The van der Waals surface area contributed by atoms with Crippen LogP contribution in [0.3, 0.4) is 0 Å². The lowest BCUT2D eigenvalue weighted by atomic mass is 10.00. The lowest BCUT2D eigenvalue weighted by Crippen LogP contribution is -2.48. The molecule has 0 aliphatic carbocycles. The van der Waals surface area contributed by atoms with Gasteiger partial charge in [0.25, 0.3) is 5.91 Å². The maximum atomic E-state index is 13.8. The number of rotatable bonds is 9. The van der Waals surface area contributed by atoms with E-state index in [1.807, 2.05) is 16.3 Å². The second-order valence-electron chi connectivity index (χ2n) is 9.68. The van der Waals surface area contributed by atoms with Gasteiger partial charge in [-0.05, 0) is 71.8 Å². The molecule has 0 spiro atoms. The minimum Gasteiger partial charge on any atom is -0.491 e. The van der Waals surface area contributed by atoms with E-state index in [0.29, 0.717) is 35.9 Å². The standard InChI is InChI=1S/C29H31FN2O5S/c1-3-19(2)15-31(29(34)20-4-9-25-26(14-20)37-18-36-25)16-28(33)32-12-10-27-23(11-13-38-27)24(32)17-35-22-7-5-21(30)6-8-22/h4-9,11,13-14,19,24H,3,10,12,15-18H2,1-2H3/t19-,24+/m1/s1. The van der Waals surface area contributed by atoms with Crippen LogP contribution in [0.15, 0.2) is 53.9 Å². The third kappa shape index (κ3) is 5.62. The predicted molar refractivity (Wildman–Crippen MR) is 142 cm³/mol. The van der Waals surface area contributed by atoms with Crippen LogP contribution in [0.25, 0.3) is 0 Å². The number of hydrogen-bond donors (Lipinski definition) is 0. The Bertz CT molecular complexity index is 1290. The van der Waals surface area contributed by atoms with Gasteiger partial charge in [0.05, 0.1) is 6.04 Å². The van der Waals surface area contributed by atoms with Crippen LogP contribution in [0.4, 0.5) is 4.39 Å². The Morgan fingerprint density at radius 3 is 2.74 bits per heavy atom. The number of carbonyl (C=O) groups is 2. The normalized spacial score (nSPS) is 16.6. The molecule has 0 bridgehead atoms. The summed E-state index contributed by atoms with van der Waals surface area (Å²) in [6.45, 7) is 5.47.